The summed E-state index contributed by atoms with van der Waals surface area (Å²) in [4.78, 5) is 23.7. The van der Waals surface area contributed by atoms with Crippen LogP contribution in [0.4, 0.5) is 18.9 Å². The van der Waals surface area contributed by atoms with Gasteiger partial charge in [-0.25, -0.2) is 0 Å². The van der Waals surface area contributed by atoms with E-state index in [0.717, 1.165) is 12.1 Å². The van der Waals surface area contributed by atoms with Crippen molar-refractivity contribution in [2.75, 3.05) is 11.4 Å². The first-order valence-corrected chi connectivity index (χ1v) is 5.03. The summed E-state index contributed by atoms with van der Waals surface area (Å²) in [6, 6.07) is 4.80. The molecule has 1 saturated heterocycles. The Labute approximate surface area is 99.9 Å². The van der Waals surface area contributed by atoms with Crippen molar-refractivity contribution in [1.29, 1.82) is 0 Å². The monoisotopic (exact) mass is 259 g/mol. The Bertz CT molecular complexity index is 481. The fourth-order valence-corrected chi connectivity index (χ4v) is 1.65. The summed E-state index contributed by atoms with van der Waals surface area (Å²) in [5.41, 5.74) is 0.375. The molecule has 18 heavy (non-hydrogen) atoms. The predicted octanol–water partition coefficient (Wildman–Crippen LogP) is 1.89. The molecule has 0 saturated carbocycles. The molecular weight excluding hydrogens is 251 g/mol. The molecule has 1 aliphatic rings. The maximum atomic E-state index is 11.9. The Morgan fingerprint density at radius 3 is 2.17 bits per heavy atom. The van der Waals surface area contributed by atoms with Crippen LogP contribution in [0.2, 0.25) is 0 Å². The number of ether oxygens (including phenoxy) is 1. The number of carbonyl (C=O) groups excluding carboxylic acids is 2. The van der Waals surface area contributed by atoms with Gasteiger partial charge in [-0.3, -0.25) is 9.59 Å². The first kappa shape index (κ1) is 12.4. The van der Waals surface area contributed by atoms with E-state index < -0.39 is 6.36 Å². The number of nitrogens with zero attached hydrogens (tertiary/aromatic N) is 1. The summed E-state index contributed by atoms with van der Waals surface area (Å²) in [5, 5.41) is 0. The van der Waals surface area contributed by atoms with Crippen LogP contribution in [0.1, 0.15) is 6.42 Å². The zero-order valence-electron chi connectivity index (χ0n) is 9.03. The number of alkyl halides is 3. The topological polar surface area (TPSA) is 46.6 Å². The molecule has 4 nitrogen and oxygen atoms in total. The van der Waals surface area contributed by atoms with E-state index in [1.807, 2.05) is 0 Å². The Kier molecular flexibility index (Phi) is 2.98. The molecule has 2 rings (SSSR count). The van der Waals surface area contributed by atoms with E-state index in [9.17, 15) is 22.8 Å². The van der Waals surface area contributed by atoms with Crippen LogP contribution < -0.4 is 9.64 Å². The summed E-state index contributed by atoms with van der Waals surface area (Å²) in [7, 11) is 0. The molecular formula is C11H8F3NO3. The lowest BCUT2D eigenvalue weighted by Crippen LogP contribution is -2.24. The molecule has 0 atom stereocenters. The Balaban J connectivity index is 2.13. The number of ketones is 1. The first-order valence-electron chi connectivity index (χ1n) is 5.03. The van der Waals surface area contributed by atoms with Crippen LogP contribution in [-0.2, 0) is 9.59 Å². The van der Waals surface area contributed by atoms with Gasteiger partial charge in [-0.15, -0.1) is 13.2 Å². The van der Waals surface area contributed by atoms with E-state index in [1.165, 1.54) is 17.0 Å². The van der Waals surface area contributed by atoms with Gasteiger partial charge in [0.15, 0.2) is 5.78 Å². The summed E-state index contributed by atoms with van der Waals surface area (Å²) in [5.74, 6) is -0.940. The second-order valence-electron chi connectivity index (χ2n) is 3.74. The third-order valence-electron chi connectivity index (χ3n) is 2.37. The minimum absolute atomic E-state index is 0.0433. The van der Waals surface area contributed by atoms with Crippen molar-refractivity contribution in [2.45, 2.75) is 12.8 Å². The Hall–Kier alpha value is -2.05. The number of hydrogen-bond donors (Lipinski definition) is 0. The Morgan fingerprint density at radius 1 is 1.11 bits per heavy atom. The van der Waals surface area contributed by atoms with Gasteiger partial charge in [0.1, 0.15) is 5.75 Å². The molecule has 0 radical (unpaired) electrons. The summed E-state index contributed by atoms with van der Waals surface area (Å²) < 4.78 is 39.5. The third-order valence-corrected chi connectivity index (χ3v) is 2.37. The van der Waals surface area contributed by atoms with Crippen molar-refractivity contribution < 1.29 is 27.5 Å². The van der Waals surface area contributed by atoms with Crippen LogP contribution in [0.5, 0.6) is 5.75 Å². The maximum absolute atomic E-state index is 11.9. The number of halogens is 3. The van der Waals surface area contributed by atoms with Gasteiger partial charge in [0.2, 0.25) is 5.91 Å². The zero-order chi connectivity index (χ0) is 13.3. The van der Waals surface area contributed by atoms with Crippen molar-refractivity contribution >= 4 is 17.4 Å². The van der Waals surface area contributed by atoms with Crippen LogP contribution in [0.25, 0.3) is 0 Å². The van der Waals surface area contributed by atoms with Crippen LogP contribution in [-0.4, -0.2) is 24.6 Å². The summed E-state index contributed by atoms with van der Waals surface area (Å²) in [6.45, 7) is -0.0433. The lowest BCUT2D eigenvalue weighted by molar-refractivity contribution is -0.274. The van der Waals surface area contributed by atoms with Gasteiger partial charge < -0.3 is 9.64 Å². The van der Waals surface area contributed by atoms with Gasteiger partial charge >= 0.3 is 6.36 Å². The molecule has 96 valence electrons. The zero-order valence-corrected chi connectivity index (χ0v) is 9.03. The molecule has 0 bridgehead atoms. The van der Waals surface area contributed by atoms with Gasteiger partial charge in [-0.2, -0.15) is 0 Å². The standard InChI is InChI=1S/C11H8F3NO3/c12-11(13,14)18-9-3-1-7(2-4-9)15-6-8(16)5-10(15)17/h1-4H,5-6H2. The molecule has 0 aliphatic carbocycles. The van der Waals surface area contributed by atoms with E-state index >= 15 is 0 Å². The molecule has 1 fully saturated rings. The van der Waals surface area contributed by atoms with Crippen LogP contribution in [0, 0.1) is 0 Å². The van der Waals surface area contributed by atoms with E-state index in [2.05, 4.69) is 4.74 Å². The van der Waals surface area contributed by atoms with Gasteiger partial charge in [-0.05, 0) is 24.3 Å². The van der Waals surface area contributed by atoms with Gasteiger partial charge in [0, 0.05) is 5.69 Å². The van der Waals surface area contributed by atoms with Crippen molar-refractivity contribution in [3.63, 3.8) is 0 Å². The minimum atomic E-state index is -4.75. The third kappa shape index (κ3) is 2.79. The molecule has 1 aromatic rings. The van der Waals surface area contributed by atoms with Crippen LogP contribution in [0.3, 0.4) is 0 Å². The SMILES string of the molecule is O=C1CC(=O)N(c2ccc(OC(F)(F)F)cc2)C1. The highest BCUT2D eigenvalue weighted by molar-refractivity contribution is 6.15. The Morgan fingerprint density at radius 2 is 1.72 bits per heavy atom. The average molecular weight is 259 g/mol. The van der Waals surface area contributed by atoms with Crippen molar-refractivity contribution in [2.24, 2.45) is 0 Å². The van der Waals surface area contributed by atoms with E-state index in [4.69, 9.17) is 0 Å². The summed E-state index contributed by atoms with van der Waals surface area (Å²) >= 11 is 0. The normalized spacial score (nSPS) is 16.3. The van der Waals surface area contributed by atoms with E-state index in [1.54, 1.807) is 0 Å². The predicted molar refractivity (Wildman–Crippen MR) is 55.1 cm³/mol. The quantitative estimate of drug-likeness (QED) is 0.762. The van der Waals surface area contributed by atoms with Gasteiger partial charge in [-0.1, -0.05) is 0 Å². The van der Waals surface area contributed by atoms with Gasteiger partial charge in [0.05, 0.1) is 13.0 Å². The summed E-state index contributed by atoms with van der Waals surface area (Å²) in [6.07, 6.45) is -4.91. The van der Waals surface area contributed by atoms with E-state index in [0.29, 0.717) is 5.69 Å². The smallest absolute Gasteiger partial charge is 0.406 e. The number of Topliss-reactive ketones (excluding diaryl/α,β-unsaturated/α-hetero) is 1. The fraction of sp³-hybridized carbons (Fsp3) is 0.273. The molecule has 7 heteroatoms. The molecule has 1 heterocycles. The fourth-order valence-electron chi connectivity index (χ4n) is 1.65. The lowest BCUT2D eigenvalue weighted by atomic mass is 10.3. The molecule has 0 unspecified atom stereocenters. The number of hydrogen-bond acceptors (Lipinski definition) is 3. The second-order valence-corrected chi connectivity index (χ2v) is 3.74. The van der Waals surface area contributed by atoms with Crippen LogP contribution in [0.15, 0.2) is 24.3 Å². The maximum Gasteiger partial charge on any atom is 0.573 e. The molecule has 1 aliphatic heterocycles. The first-order chi connectivity index (χ1) is 8.35. The number of anilines is 1. The molecule has 0 N–H and O–H groups in total. The molecule has 1 aromatic carbocycles. The highest BCUT2D eigenvalue weighted by atomic mass is 19.4. The average Bonchev–Trinajstić information content (AvgIpc) is 2.57. The number of amides is 1. The molecule has 0 spiro atoms. The number of rotatable bonds is 2. The highest BCUT2D eigenvalue weighted by Gasteiger charge is 2.32. The molecule has 0 aromatic heterocycles. The number of carbonyl (C=O) groups is 2. The van der Waals surface area contributed by atoms with E-state index in [-0.39, 0.29) is 30.4 Å². The second kappa shape index (κ2) is 4.32. The highest BCUT2D eigenvalue weighted by Crippen LogP contribution is 2.26. The van der Waals surface area contributed by atoms with Crippen molar-refractivity contribution in [3.05, 3.63) is 24.3 Å². The lowest BCUT2D eigenvalue weighted by Gasteiger charge is -2.15. The van der Waals surface area contributed by atoms with Crippen molar-refractivity contribution in [3.8, 4) is 5.75 Å². The molecule has 1 amide bonds. The minimum Gasteiger partial charge on any atom is -0.406 e. The number of benzene rings is 1. The van der Waals surface area contributed by atoms with Gasteiger partial charge in [0.25, 0.3) is 0 Å². The largest absolute Gasteiger partial charge is 0.573 e. The van der Waals surface area contributed by atoms with Crippen LogP contribution >= 0.6 is 0 Å². The van der Waals surface area contributed by atoms with Crippen molar-refractivity contribution in [1.82, 2.24) is 0 Å².